The first-order chi connectivity index (χ1) is 4.93. The van der Waals surface area contributed by atoms with Gasteiger partial charge in [0.2, 0.25) is 5.91 Å². The molecule has 3 nitrogen and oxygen atoms in total. The standard InChI is InChI=1S/C8H16N2O/c1-8(2,3)10-5-4-6(10)7(9)11/h6H,4-5H2,1-3H3,(H2,9,11)/t6-/m0/s1. The van der Waals surface area contributed by atoms with Crippen LogP contribution in [0.15, 0.2) is 0 Å². The first-order valence-electron chi connectivity index (χ1n) is 3.99. The number of primary amides is 1. The topological polar surface area (TPSA) is 46.3 Å². The molecule has 3 heteroatoms. The van der Waals surface area contributed by atoms with Crippen molar-refractivity contribution in [3.05, 3.63) is 0 Å². The van der Waals surface area contributed by atoms with Gasteiger partial charge in [0.25, 0.3) is 0 Å². The maximum absolute atomic E-state index is 10.8. The summed E-state index contributed by atoms with van der Waals surface area (Å²) in [5.41, 5.74) is 5.29. The Bertz CT molecular complexity index is 171. The zero-order valence-electron chi connectivity index (χ0n) is 7.42. The van der Waals surface area contributed by atoms with E-state index >= 15 is 0 Å². The maximum atomic E-state index is 10.8. The lowest BCUT2D eigenvalue weighted by Crippen LogP contribution is -2.61. The summed E-state index contributed by atoms with van der Waals surface area (Å²) in [5, 5.41) is 0. The van der Waals surface area contributed by atoms with Gasteiger partial charge in [0.05, 0.1) is 6.04 Å². The normalized spacial score (nSPS) is 26.3. The Labute approximate surface area is 67.5 Å². The van der Waals surface area contributed by atoms with Gasteiger partial charge in [-0.25, -0.2) is 0 Å². The quantitative estimate of drug-likeness (QED) is 0.595. The van der Waals surface area contributed by atoms with E-state index in [2.05, 4.69) is 25.7 Å². The molecule has 0 aliphatic carbocycles. The summed E-state index contributed by atoms with van der Waals surface area (Å²) in [6.07, 6.45) is 0.923. The predicted molar refractivity (Wildman–Crippen MR) is 44.1 cm³/mol. The Balaban J connectivity index is 2.57. The molecule has 0 bridgehead atoms. The summed E-state index contributed by atoms with van der Waals surface area (Å²) < 4.78 is 0. The molecule has 1 aliphatic heterocycles. The van der Waals surface area contributed by atoms with E-state index in [0.29, 0.717) is 0 Å². The van der Waals surface area contributed by atoms with Gasteiger partial charge in [-0.3, -0.25) is 9.69 Å². The third kappa shape index (κ3) is 1.53. The van der Waals surface area contributed by atoms with Crippen LogP contribution >= 0.6 is 0 Å². The second-order valence-corrected chi connectivity index (χ2v) is 4.07. The monoisotopic (exact) mass is 156 g/mol. The molecule has 0 aromatic rings. The van der Waals surface area contributed by atoms with Crippen LogP contribution in [0.1, 0.15) is 27.2 Å². The summed E-state index contributed by atoms with van der Waals surface area (Å²) in [5.74, 6) is -0.189. The lowest BCUT2D eigenvalue weighted by Gasteiger charge is -2.47. The Hall–Kier alpha value is -0.570. The average molecular weight is 156 g/mol. The fourth-order valence-corrected chi connectivity index (χ4v) is 1.49. The first-order valence-corrected chi connectivity index (χ1v) is 3.99. The largest absolute Gasteiger partial charge is 0.368 e. The number of carbonyl (C=O) groups is 1. The lowest BCUT2D eigenvalue weighted by molar-refractivity contribution is -0.131. The third-order valence-corrected chi connectivity index (χ3v) is 2.21. The van der Waals surface area contributed by atoms with E-state index in [0.717, 1.165) is 13.0 Å². The van der Waals surface area contributed by atoms with Crippen LogP contribution < -0.4 is 5.73 Å². The van der Waals surface area contributed by atoms with Crippen LogP contribution in [0.25, 0.3) is 0 Å². The second kappa shape index (κ2) is 2.48. The van der Waals surface area contributed by atoms with Crippen LogP contribution in [-0.2, 0) is 4.79 Å². The van der Waals surface area contributed by atoms with Crippen molar-refractivity contribution in [2.75, 3.05) is 6.54 Å². The molecule has 1 atom stereocenters. The highest BCUT2D eigenvalue weighted by atomic mass is 16.1. The van der Waals surface area contributed by atoms with Crippen LogP contribution in [0, 0.1) is 0 Å². The fourth-order valence-electron chi connectivity index (χ4n) is 1.49. The number of amides is 1. The highest BCUT2D eigenvalue weighted by molar-refractivity contribution is 5.80. The van der Waals surface area contributed by atoms with Gasteiger partial charge in [0, 0.05) is 12.1 Å². The predicted octanol–water partition coefficient (Wildman–Crippen LogP) is 0.345. The Morgan fingerprint density at radius 3 is 2.18 bits per heavy atom. The molecule has 0 radical (unpaired) electrons. The minimum Gasteiger partial charge on any atom is -0.368 e. The Morgan fingerprint density at radius 1 is 1.55 bits per heavy atom. The number of hydrogen-bond acceptors (Lipinski definition) is 2. The Kier molecular flexibility index (Phi) is 1.92. The minimum absolute atomic E-state index is 0.0185. The van der Waals surface area contributed by atoms with E-state index in [1.807, 2.05) is 0 Å². The van der Waals surface area contributed by atoms with E-state index < -0.39 is 0 Å². The number of nitrogens with zero attached hydrogens (tertiary/aromatic N) is 1. The molecule has 1 saturated heterocycles. The van der Waals surface area contributed by atoms with Crippen molar-refractivity contribution in [2.24, 2.45) is 5.73 Å². The van der Waals surface area contributed by atoms with Crippen molar-refractivity contribution in [1.29, 1.82) is 0 Å². The number of hydrogen-bond donors (Lipinski definition) is 1. The SMILES string of the molecule is CC(C)(C)N1CC[C@H]1C(N)=O. The lowest BCUT2D eigenvalue weighted by atomic mass is 9.93. The molecule has 0 spiro atoms. The number of carbonyl (C=O) groups excluding carboxylic acids is 1. The van der Waals surface area contributed by atoms with Crippen molar-refractivity contribution in [1.82, 2.24) is 4.90 Å². The molecule has 2 N–H and O–H groups in total. The second-order valence-electron chi connectivity index (χ2n) is 4.07. The zero-order chi connectivity index (χ0) is 8.65. The van der Waals surface area contributed by atoms with Gasteiger partial charge < -0.3 is 5.73 Å². The summed E-state index contributed by atoms with van der Waals surface area (Å²) in [7, 11) is 0. The van der Waals surface area contributed by atoms with E-state index in [-0.39, 0.29) is 17.5 Å². The highest BCUT2D eigenvalue weighted by Crippen LogP contribution is 2.26. The van der Waals surface area contributed by atoms with Crippen LogP contribution in [-0.4, -0.2) is 28.9 Å². The molecule has 1 rings (SSSR count). The van der Waals surface area contributed by atoms with Crippen molar-refractivity contribution in [3.8, 4) is 0 Å². The average Bonchev–Trinajstić information content (AvgIpc) is 1.51. The van der Waals surface area contributed by atoms with Gasteiger partial charge in [0.1, 0.15) is 0 Å². The van der Waals surface area contributed by atoms with Gasteiger partial charge in [0.15, 0.2) is 0 Å². The van der Waals surface area contributed by atoms with Crippen LogP contribution in [0.3, 0.4) is 0 Å². The molecular weight excluding hydrogens is 140 g/mol. The van der Waals surface area contributed by atoms with E-state index in [1.54, 1.807) is 0 Å². The van der Waals surface area contributed by atoms with Gasteiger partial charge >= 0.3 is 0 Å². The molecule has 11 heavy (non-hydrogen) atoms. The van der Waals surface area contributed by atoms with Crippen LogP contribution in [0.4, 0.5) is 0 Å². The molecule has 0 saturated carbocycles. The third-order valence-electron chi connectivity index (χ3n) is 2.21. The Morgan fingerprint density at radius 2 is 2.09 bits per heavy atom. The minimum atomic E-state index is -0.189. The fraction of sp³-hybridized carbons (Fsp3) is 0.875. The van der Waals surface area contributed by atoms with Crippen molar-refractivity contribution in [2.45, 2.75) is 38.8 Å². The van der Waals surface area contributed by atoms with Crippen molar-refractivity contribution in [3.63, 3.8) is 0 Å². The molecular formula is C8H16N2O. The number of likely N-dealkylation sites (tertiary alicyclic amines) is 1. The summed E-state index contributed by atoms with van der Waals surface area (Å²) >= 11 is 0. The van der Waals surface area contributed by atoms with Crippen LogP contribution in [0.2, 0.25) is 0 Å². The highest BCUT2D eigenvalue weighted by Gasteiger charge is 2.39. The maximum Gasteiger partial charge on any atom is 0.234 e. The molecule has 0 aromatic carbocycles. The zero-order valence-corrected chi connectivity index (χ0v) is 7.42. The van der Waals surface area contributed by atoms with Gasteiger partial charge in [-0.05, 0) is 27.2 Å². The molecule has 1 aliphatic rings. The summed E-state index contributed by atoms with van der Waals surface area (Å²) in [6.45, 7) is 7.30. The molecule has 1 fully saturated rings. The van der Waals surface area contributed by atoms with E-state index in [4.69, 9.17) is 5.73 Å². The summed E-state index contributed by atoms with van der Waals surface area (Å²) in [4.78, 5) is 13.0. The van der Waals surface area contributed by atoms with Gasteiger partial charge in [-0.15, -0.1) is 0 Å². The van der Waals surface area contributed by atoms with E-state index in [1.165, 1.54) is 0 Å². The van der Waals surface area contributed by atoms with Gasteiger partial charge in [-0.2, -0.15) is 0 Å². The number of rotatable bonds is 1. The van der Waals surface area contributed by atoms with Crippen molar-refractivity contribution >= 4 is 5.91 Å². The molecule has 0 unspecified atom stereocenters. The molecule has 1 heterocycles. The number of nitrogens with two attached hydrogens (primary N) is 1. The first kappa shape index (κ1) is 8.53. The van der Waals surface area contributed by atoms with Crippen LogP contribution in [0.5, 0.6) is 0 Å². The molecule has 64 valence electrons. The van der Waals surface area contributed by atoms with Crippen molar-refractivity contribution < 1.29 is 4.79 Å². The van der Waals surface area contributed by atoms with E-state index in [9.17, 15) is 4.79 Å². The van der Waals surface area contributed by atoms with Gasteiger partial charge in [-0.1, -0.05) is 0 Å². The molecule has 0 aromatic heterocycles. The smallest absolute Gasteiger partial charge is 0.234 e. The summed E-state index contributed by atoms with van der Waals surface area (Å²) in [6, 6.07) is -0.0185. The molecule has 1 amide bonds.